The summed E-state index contributed by atoms with van der Waals surface area (Å²) in [6, 6.07) is 1.06. The molecule has 0 aliphatic heterocycles. The van der Waals surface area contributed by atoms with Crippen molar-refractivity contribution in [3.8, 4) is 0 Å². The van der Waals surface area contributed by atoms with Crippen molar-refractivity contribution in [2.45, 2.75) is 56.5 Å². The number of nitrogens with zero attached hydrogens (tertiary/aromatic N) is 3. The molecular weight excluding hydrogens is 188 g/mol. The summed E-state index contributed by atoms with van der Waals surface area (Å²) in [5, 5.41) is 8.35. The Morgan fingerprint density at radius 3 is 2.87 bits per heavy atom. The Balaban J connectivity index is 1.81. The van der Waals surface area contributed by atoms with Gasteiger partial charge in [-0.2, -0.15) is 0 Å². The van der Waals surface area contributed by atoms with Crippen LogP contribution in [0, 0.1) is 0 Å². The van der Waals surface area contributed by atoms with Crippen LogP contribution in [0.3, 0.4) is 0 Å². The molecule has 82 valence electrons. The van der Waals surface area contributed by atoms with Gasteiger partial charge >= 0.3 is 0 Å². The molecule has 2 saturated carbocycles. The highest BCUT2D eigenvalue weighted by Gasteiger charge is 2.30. The Labute approximate surface area is 89.9 Å². The van der Waals surface area contributed by atoms with Crippen molar-refractivity contribution < 1.29 is 0 Å². The maximum Gasteiger partial charge on any atom is 0.136 e. The van der Waals surface area contributed by atoms with Crippen molar-refractivity contribution in [2.24, 2.45) is 5.73 Å². The third-order valence-electron chi connectivity index (χ3n) is 3.62. The van der Waals surface area contributed by atoms with E-state index in [-0.39, 0.29) is 0 Å². The molecule has 2 N–H and O–H groups in total. The van der Waals surface area contributed by atoms with Crippen molar-refractivity contribution in [1.82, 2.24) is 14.8 Å². The molecule has 2 atom stereocenters. The second-order valence-corrected chi connectivity index (χ2v) is 4.95. The summed E-state index contributed by atoms with van der Waals surface area (Å²) in [5.74, 6) is 1.74. The smallest absolute Gasteiger partial charge is 0.136 e. The summed E-state index contributed by atoms with van der Waals surface area (Å²) in [7, 11) is 0. The normalized spacial score (nSPS) is 31.8. The van der Waals surface area contributed by atoms with Gasteiger partial charge in [-0.15, -0.1) is 10.2 Å². The first kappa shape index (κ1) is 9.33. The van der Waals surface area contributed by atoms with Gasteiger partial charge in [0.25, 0.3) is 0 Å². The van der Waals surface area contributed by atoms with Crippen molar-refractivity contribution in [2.75, 3.05) is 0 Å². The van der Waals surface area contributed by atoms with E-state index in [9.17, 15) is 0 Å². The number of hydrogen-bond donors (Lipinski definition) is 1. The van der Waals surface area contributed by atoms with Gasteiger partial charge in [-0.05, 0) is 32.1 Å². The molecule has 3 rings (SSSR count). The topological polar surface area (TPSA) is 56.7 Å². The summed E-state index contributed by atoms with van der Waals surface area (Å²) in [5.41, 5.74) is 6.02. The van der Waals surface area contributed by atoms with Crippen LogP contribution in [0.15, 0.2) is 6.33 Å². The first-order chi connectivity index (χ1) is 7.34. The fourth-order valence-corrected chi connectivity index (χ4v) is 2.64. The number of hydrogen-bond acceptors (Lipinski definition) is 3. The predicted molar refractivity (Wildman–Crippen MR) is 57.5 cm³/mol. The Kier molecular flexibility index (Phi) is 2.24. The van der Waals surface area contributed by atoms with Crippen LogP contribution in [0.2, 0.25) is 0 Å². The van der Waals surface area contributed by atoms with Gasteiger partial charge in [0.05, 0.1) is 0 Å². The second kappa shape index (κ2) is 3.59. The molecule has 2 aliphatic carbocycles. The first-order valence-electron chi connectivity index (χ1n) is 5.99. The van der Waals surface area contributed by atoms with Crippen LogP contribution in [-0.2, 0) is 0 Å². The van der Waals surface area contributed by atoms with Crippen LogP contribution >= 0.6 is 0 Å². The first-order valence-corrected chi connectivity index (χ1v) is 5.99. The average Bonchev–Trinajstić information content (AvgIpc) is 2.96. The van der Waals surface area contributed by atoms with E-state index >= 15 is 0 Å². The predicted octanol–water partition coefficient (Wildman–Crippen LogP) is 1.60. The van der Waals surface area contributed by atoms with E-state index in [0.717, 1.165) is 6.42 Å². The third-order valence-corrected chi connectivity index (χ3v) is 3.62. The van der Waals surface area contributed by atoms with Gasteiger partial charge in [0.15, 0.2) is 0 Å². The quantitative estimate of drug-likeness (QED) is 0.799. The van der Waals surface area contributed by atoms with Gasteiger partial charge in [-0.3, -0.25) is 0 Å². The van der Waals surface area contributed by atoms with Gasteiger partial charge in [-0.25, -0.2) is 0 Å². The van der Waals surface area contributed by atoms with E-state index in [1.807, 2.05) is 6.33 Å². The van der Waals surface area contributed by atoms with Crippen molar-refractivity contribution in [3.05, 3.63) is 12.2 Å². The van der Waals surface area contributed by atoms with Crippen molar-refractivity contribution in [1.29, 1.82) is 0 Å². The fraction of sp³-hybridized carbons (Fsp3) is 0.818. The fourth-order valence-electron chi connectivity index (χ4n) is 2.64. The van der Waals surface area contributed by atoms with Crippen molar-refractivity contribution >= 4 is 0 Å². The molecule has 1 aromatic heterocycles. The molecule has 0 saturated heterocycles. The molecule has 2 aliphatic rings. The standard InChI is InChI=1S/C11H18N4/c12-9-3-1-2-8(6-9)11-14-13-7-15(11)10-4-5-10/h7-10H,1-6,12H2. The highest BCUT2D eigenvalue weighted by molar-refractivity contribution is 5.03. The summed E-state index contributed by atoms with van der Waals surface area (Å²) >= 11 is 0. The van der Waals surface area contributed by atoms with Crippen LogP contribution in [0.5, 0.6) is 0 Å². The minimum atomic E-state index is 0.369. The maximum absolute atomic E-state index is 6.02. The zero-order chi connectivity index (χ0) is 10.3. The molecule has 0 bridgehead atoms. The van der Waals surface area contributed by atoms with E-state index < -0.39 is 0 Å². The minimum Gasteiger partial charge on any atom is -0.328 e. The Hall–Kier alpha value is -0.900. The molecule has 0 spiro atoms. The molecule has 0 radical (unpaired) electrons. The maximum atomic E-state index is 6.02. The molecule has 4 heteroatoms. The van der Waals surface area contributed by atoms with Gasteiger partial charge in [0.1, 0.15) is 12.2 Å². The lowest BCUT2D eigenvalue weighted by Crippen LogP contribution is -2.28. The Morgan fingerprint density at radius 1 is 1.27 bits per heavy atom. The number of aromatic nitrogens is 3. The lowest BCUT2D eigenvalue weighted by atomic mass is 9.85. The largest absolute Gasteiger partial charge is 0.328 e. The zero-order valence-electron chi connectivity index (χ0n) is 8.97. The van der Waals surface area contributed by atoms with Gasteiger partial charge in [-0.1, -0.05) is 6.42 Å². The summed E-state index contributed by atoms with van der Waals surface area (Å²) in [4.78, 5) is 0. The molecular formula is C11H18N4. The van der Waals surface area contributed by atoms with Gasteiger partial charge in [0, 0.05) is 18.0 Å². The van der Waals surface area contributed by atoms with Gasteiger partial charge < -0.3 is 10.3 Å². The average molecular weight is 206 g/mol. The number of nitrogens with two attached hydrogens (primary N) is 1. The zero-order valence-corrected chi connectivity index (χ0v) is 8.97. The molecule has 15 heavy (non-hydrogen) atoms. The molecule has 4 nitrogen and oxygen atoms in total. The van der Waals surface area contributed by atoms with E-state index in [1.165, 1.54) is 37.9 Å². The van der Waals surface area contributed by atoms with E-state index in [1.54, 1.807) is 0 Å². The lowest BCUT2D eigenvalue weighted by molar-refractivity contribution is 0.373. The lowest BCUT2D eigenvalue weighted by Gasteiger charge is -2.26. The van der Waals surface area contributed by atoms with Crippen molar-refractivity contribution in [3.63, 3.8) is 0 Å². The summed E-state index contributed by atoms with van der Waals surface area (Å²) in [6.45, 7) is 0. The molecule has 1 heterocycles. The third kappa shape index (κ3) is 1.78. The molecule has 1 aromatic rings. The van der Waals surface area contributed by atoms with E-state index in [4.69, 9.17) is 5.73 Å². The minimum absolute atomic E-state index is 0.369. The molecule has 2 unspecified atom stereocenters. The SMILES string of the molecule is NC1CCCC(c2nncn2C2CC2)C1. The van der Waals surface area contributed by atoms with Crippen LogP contribution < -0.4 is 5.73 Å². The summed E-state index contributed by atoms with van der Waals surface area (Å²) < 4.78 is 2.28. The van der Waals surface area contributed by atoms with Gasteiger partial charge in [0.2, 0.25) is 0 Å². The van der Waals surface area contributed by atoms with Crippen LogP contribution in [-0.4, -0.2) is 20.8 Å². The van der Waals surface area contributed by atoms with Crippen LogP contribution in [0.4, 0.5) is 0 Å². The molecule has 0 amide bonds. The van der Waals surface area contributed by atoms with Crippen LogP contribution in [0.1, 0.15) is 56.3 Å². The molecule has 0 aromatic carbocycles. The highest BCUT2D eigenvalue weighted by atomic mass is 15.3. The van der Waals surface area contributed by atoms with E-state index in [0.29, 0.717) is 18.0 Å². The molecule has 2 fully saturated rings. The van der Waals surface area contributed by atoms with Crippen LogP contribution in [0.25, 0.3) is 0 Å². The Morgan fingerprint density at radius 2 is 2.13 bits per heavy atom. The monoisotopic (exact) mass is 206 g/mol. The number of rotatable bonds is 2. The summed E-state index contributed by atoms with van der Waals surface area (Å²) in [6.07, 6.45) is 9.22. The highest BCUT2D eigenvalue weighted by Crippen LogP contribution is 2.39. The van der Waals surface area contributed by atoms with E-state index in [2.05, 4.69) is 14.8 Å². The Bertz CT molecular complexity index is 342. The second-order valence-electron chi connectivity index (χ2n) is 4.95.